The van der Waals surface area contributed by atoms with Crippen LogP contribution in [0.25, 0.3) is 12.2 Å². The van der Waals surface area contributed by atoms with E-state index in [1.165, 1.54) is 0 Å². The lowest BCUT2D eigenvalue weighted by molar-refractivity contribution is -0.671. The number of aliphatic hydroxyl groups excluding tert-OH is 1. The molecule has 47 heavy (non-hydrogen) atoms. The lowest BCUT2D eigenvalue weighted by Crippen LogP contribution is -2.25. The van der Waals surface area contributed by atoms with E-state index in [1.807, 2.05) is 48.3 Å². The molecule has 0 saturated heterocycles. The summed E-state index contributed by atoms with van der Waals surface area (Å²) in [6, 6.07) is 18.2. The minimum Gasteiger partial charge on any atom is -0.507 e. The van der Waals surface area contributed by atoms with E-state index in [0.29, 0.717) is 38.9 Å². The number of pyridine rings is 1. The maximum atomic E-state index is 12.4. The molecular weight excluding hydrogens is 618 g/mol. The smallest absolute Gasteiger partial charge is 0.294 e. The molecule has 0 radical (unpaired) electrons. The van der Waals surface area contributed by atoms with E-state index in [0.717, 1.165) is 23.3 Å². The molecule has 1 aromatic heterocycles. The molecular formula is C37H34NO8S+. The first-order valence-electron chi connectivity index (χ1n) is 14.9. The van der Waals surface area contributed by atoms with Crippen LogP contribution in [-0.4, -0.2) is 38.5 Å². The van der Waals surface area contributed by atoms with Gasteiger partial charge in [-0.05, 0) is 86.5 Å². The monoisotopic (exact) mass is 652 g/mol. The number of benzene rings is 4. The van der Waals surface area contributed by atoms with Crippen LogP contribution < -0.4 is 4.57 Å². The van der Waals surface area contributed by atoms with E-state index >= 15 is 0 Å². The van der Waals surface area contributed by atoms with Crippen molar-refractivity contribution in [1.29, 1.82) is 0 Å². The highest BCUT2D eigenvalue weighted by Gasteiger charge is 2.23. The van der Waals surface area contributed by atoms with Crippen molar-refractivity contribution in [3.05, 3.63) is 140 Å². The normalized spacial score (nSPS) is 13.2. The third-order valence-corrected chi connectivity index (χ3v) is 9.37. The Hall–Kier alpha value is -5.16. The Balaban J connectivity index is 1.58. The molecule has 1 aliphatic carbocycles. The number of aromatic hydroxyl groups is 4. The van der Waals surface area contributed by atoms with Crippen molar-refractivity contribution in [2.75, 3.05) is 0 Å². The lowest BCUT2D eigenvalue weighted by Gasteiger charge is -2.19. The molecule has 6 rings (SSSR count). The van der Waals surface area contributed by atoms with Crippen molar-refractivity contribution in [1.82, 2.24) is 0 Å². The molecule has 0 saturated carbocycles. The predicted molar refractivity (Wildman–Crippen MR) is 176 cm³/mol. The van der Waals surface area contributed by atoms with E-state index in [4.69, 9.17) is 0 Å². The van der Waals surface area contributed by atoms with Gasteiger partial charge in [0.25, 0.3) is 10.1 Å². The zero-order valence-electron chi connectivity index (χ0n) is 25.6. The standard InChI is InChI=1S/C37H33NO8S/c1-38-9-7-22(8-10-38)5-6-23-11-27-15-25-3-2-4-26(34(25)40)16-29-13-24(21-39)14-30(36(29)42)18-32-20-33(47(44,45)46)19-31(37(32)43)17-28(12-23)35(27)41/h2-14,19-20,39H,15-18,21H2,1H3,(H4,40,42,43,44,45,46)/p+1. The minimum atomic E-state index is -4.71. The lowest BCUT2D eigenvalue weighted by atomic mass is 9.90. The van der Waals surface area contributed by atoms with Crippen LogP contribution >= 0.6 is 0 Å². The molecule has 10 heteroatoms. The highest BCUT2D eigenvalue weighted by atomic mass is 32.2. The molecule has 0 amide bonds. The molecule has 9 nitrogen and oxygen atoms in total. The fourth-order valence-electron chi connectivity index (χ4n) is 6.06. The van der Waals surface area contributed by atoms with Crippen molar-refractivity contribution in [2.24, 2.45) is 7.05 Å². The van der Waals surface area contributed by atoms with E-state index in [9.17, 15) is 38.5 Å². The van der Waals surface area contributed by atoms with Crippen LogP contribution in [0.1, 0.15) is 61.2 Å². The summed E-state index contributed by atoms with van der Waals surface area (Å²) in [6.07, 6.45) is 7.62. The first-order valence-corrected chi connectivity index (χ1v) is 16.4. The van der Waals surface area contributed by atoms with Gasteiger partial charge in [0.15, 0.2) is 12.4 Å². The molecule has 1 heterocycles. The Morgan fingerprint density at radius 3 is 1.49 bits per heavy atom. The van der Waals surface area contributed by atoms with Gasteiger partial charge in [0, 0.05) is 48.9 Å². The molecule has 240 valence electrons. The average molecular weight is 653 g/mol. The largest absolute Gasteiger partial charge is 0.507 e. The molecule has 4 aromatic carbocycles. The SMILES string of the molecule is C[n+]1ccc(/C=C/c2cc3c(O)c(c2)Cc2cc(S(=O)(=O)O)cc(c2O)Cc2cc(CO)cc(c2O)Cc2cccc(c2O)C3)cc1. The van der Waals surface area contributed by atoms with Gasteiger partial charge in [-0.25, -0.2) is 4.57 Å². The number of aromatic nitrogens is 1. The fourth-order valence-corrected chi connectivity index (χ4v) is 6.64. The third kappa shape index (κ3) is 6.71. The van der Waals surface area contributed by atoms with Crippen molar-refractivity contribution in [3.63, 3.8) is 0 Å². The van der Waals surface area contributed by atoms with Gasteiger partial charge in [0.05, 0.1) is 11.5 Å². The van der Waals surface area contributed by atoms with Crippen molar-refractivity contribution < 1.29 is 43.1 Å². The maximum Gasteiger partial charge on any atom is 0.294 e. The highest BCUT2D eigenvalue weighted by Crippen LogP contribution is 2.39. The topological polar surface area (TPSA) is 159 Å². The number of phenolic OH excluding ortho intramolecular Hbond substituents is 4. The molecule has 0 fully saturated rings. The number of aliphatic hydroxyl groups is 1. The Bertz CT molecular complexity index is 2160. The van der Waals surface area contributed by atoms with Crippen molar-refractivity contribution in [2.45, 2.75) is 37.2 Å². The maximum absolute atomic E-state index is 12.4. The number of nitrogens with zero attached hydrogens (tertiary/aromatic N) is 1. The number of aryl methyl sites for hydroxylation is 1. The number of hydrogen-bond donors (Lipinski definition) is 6. The van der Waals surface area contributed by atoms with Crippen molar-refractivity contribution >= 4 is 22.3 Å². The summed E-state index contributed by atoms with van der Waals surface area (Å²) >= 11 is 0. The molecule has 0 atom stereocenters. The van der Waals surface area contributed by atoms with Gasteiger partial charge >= 0.3 is 0 Å². The Morgan fingerprint density at radius 1 is 0.617 bits per heavy atom. The zero-order chi connectivity index (χ0) is 33.5. The molecule has 0 aliphatic heterocycles. The van der Waals surface area contributed by atoms with Gasteiger partial charge < -0.3 is 25.5 Å². The van der Waals surface area contributed by atoms with E-state index in [1.54, 1.807) is 42.5 Å². The van der Waals surface area contributed by atoms with Crippen LogP contribution in [0, 0.1) is 0 Å². The molecule has 1 aliphatic rings. The molecule has 5 aromatic rings. The number of hydrogen-bond acceptors (Lipinski definition) is 7. The predicted octanol–water partition coefficient (Wildman–Crippen LogP) is 4.92. The van der Waals surface area contributed by atoms with Crippen LogP contribution in [0.3, 0.4) is 0 Å². The van der Waals surface area contributed by atoms with Crippen LogP contribution in [0.15, 0.2) is 84.0 Å². The number of para-hydroxylation sites is 1. The zero-order valence-corrected chi connectivity index (χ0v) is 26.4. The van der Waals surface area contributed by atoms with Crippen LogP contribution in [0.2, 0.25) is 0 Å². The number of phenols is 4. The molecule has 0 unspecified atom stereocenters. The average Bonchev–Trinajstić information content (AvgIpc) is 3.03. The first kappa shape index (κ1) is 31.8. The van der Waals surface area contributed by atoms with Crippen molar-refractivity contribution in [3.8, 4) is 23.0 Å². The van der Waals surface area contributed by atoms with E-state index in [2.05, 4.69) is 0 Å². The Kier molecular flexibility index (Phi) is 8.50. The molecule has 6 N–H and O–H groups in total. The minimum absolute atomic E-state index is 0.00894. The first-order chi connectivity index (χ1) is 22.4. The molecule has 8 bridgehead atoms. The summed E-state index contributed by atoms with van der Waals surface area (Å²) in [6.45, 7) is -0.345. The van der Waals surface area contributed by atoms with E-state index < -0.39 is 15.0 Å². The summed E-state index contributed by atoms with van der Waals surface area (Å²) in [5, 5.41) is 55.7. The summed E-state index contributed by atoms with van der Waals surface area (Å²) in [5.74, 6) is -0.473. The molecule has 0 spiro atoms. The van der Waals surface area contributed by atoms with Gasteiger partial charge in [-0.1, -0.05) is 30.4 Å². The third-order valence-electron chi connectivity index (χ3n) is 8.54. The second-order valence-electron chi connectivity index (χ2n) is 11.9. The van der Waals surface area contributed by atoms with Crippen LogP contribution in [0.5, 0.6) is 23.0 Å². The highest BCUT2D eigenvalue weighted by molar-refractivity contribution is 7.85. The Labute approximate surface area is 272 Å². The summed E-state index contributed by atoms with van der Waals surface area (Å²) in [7, 11) is -2.79. The van der Waals surface area contributed by atoms with Gasteiger partial charge in [-0.15, -0.1) is 0 Å². The number of rotatable bonds is 4. The summed E-state index contributed by atoms with van der Waals surface area (Å²) in [5.41, 5.74) is 4.99. The fraction of sp³-hybridized carbons (Fsp3) is 0.162. The second-order valence-corrected chi connectivity index (χ2v) is 13.4. The quantitative estimate of drug-likeness (QED) is 0.116. The van der Waals surface area contributed by atoms with Gasteiger partial charge in [-0.2, -0.15) is 8.42 Å². The van der Waals surface area contributed by atoms with Gasteiger partial charge in [-0.3, -0.25) is 4.55 Å². The number of fused-ring (bicyclic) bond motifs is 8. The van der Waals surface area contributed by atoms with E-state index in [-0.39, 0.29) is 66.4 Å². The van der Waals surface area contributed by atoms with Crippen LogP contribution in [-0.2, 0) is 49.5 Å². The van der Waals surface area contributed by atoms with Gasteiger partial charge in [0.1, 0.15) is 30.0 Å². The van der Waals surface area contributed by atoms with Crippen LogP contribution in [0.4, 0.5) is 0 Å². The summed E-state index contributed by atoms with van der Waals surface area (Å²) < 4.78 is 36.7. The Morgan fingerprint density at radius 2 is 1.02 bits per heavy atom. The second kappa shape index (κ2) is 12.6. The van der Waals surface area contributed by atoms with Gasteiger partial charge in [0.2, 0.25) is 0 Å². The summed E-state index contributed by atoms with van der Waals surface area (Å²) in [4.78, 5) is -0.452.